The van der Waals surface area contributed by atoms with Crippen molar-refractivity contribution in [3.05, 3.63) is 75.2 Å². The number of hydrogen-bond donors (Lipinski definition) is 0. The van der Waals surface area contributed by atoms with E-state index < -0.39 is 11.5 Å². The number of esters is 1. The summed E-state index contributed by atoms with van der Waals surface area (Å²) in [5.74, 6) is -0.0653. The maximum absolute atomic E-state index is 13.2. The van der Waals surface area contributed by atoms with Crippen molar-refractivity contribution in [2.45, 2.75) is 33.6 Å². The van der Waals surface area contributed by atoms with Crippen LogP contribution in [0.2, 0.25) is 0 Å². The molecule has 2 heterocycles. The average Bonchev–Trinajstić information content (AvgIpc) is 2.73. The molecule has 0 saturated heterocycles. The van der Waals surface area contributed by atoms with Crippen molar-refractivity contribution in [3.63, 3.8) is 0 Å². The van der Waals surface area contributed by atoms with Crippen molar-refractivity contribution in [2.75, 3.05) is 6.61 Å². The van der Waals surface area contributed by atoms with Gasteiger partial charge < -0.3 is 9.47 Å². The highest BCUT2D eigenvalue weighted by atomic mass is 16.5. The SMILES string of the molecule is CCOC(=O)C(C#N)=Cc1c(Oc2cc(C)ccc2C(C)C)nc2ccccn2c1=O. The first-order valence-corrected chi connectivity index (χ1v) is 9.94. The van der Waals surface area contributed by atoms with Gasteiger partial charge in [0.1, 0.15) is 28.6 Å². The highest BCUT2D eigenvalue weighted by molar-refractivity contribution is 5.98. The summed E-state index contributed by atoms with van der Waals surface area (Å²) in [4.78, 5) is 29.8. The zero-order valence-corrected chi connectivity index (χ0v) is 17.9. The van der Waals surface area contributed by atoms with Gasteiger partial charge in [-0.05, 0) is 55.2 Å². The summed E-state index contributed by atoms with van der Waals surface area (Å²) in [5.41, 5.74) is 1.53. The molecule has 3 rings (SSSR count). The van der Waals surface area contributed by atoms with Gasteiger partial charge in [-0.3, -0.25) is 9.20 Å². The highest BCUT2D eigenvalue weighted by Crippen LogP contribution is 2.32. The Hall–Kier alpha value is -3.92. The number of ether oxygens (including phenoxy) is 2. The smallest absolute Gasteiger partial charge is 0.348 e. The van der Waals surface area contributed by atoms with Crippen molar-refractivity contribution in [1.82, 2.24) is 9.38 Å². The molecular formula is C24H23N3O4. The highest BCUT2D eigenvalue weighted by Gasteiger charge is 2.19. The second kappa shape index (κ2) is 9.26. The van der Waals surface area contributed by atoms with Crippen molar-refractivity contribution in [2.24, 2.45) is 0 Å². The number of carbonyl (C=O) groups is 1. The summed E-state index contributed by atoms with van der Waals surface area (Å²) in [6.07, 6.45) is 2.74. The Morgan fingerprint density at radius 2 is 2.06 bits per heavy atom. The lowest BCUT2D eigenvalue weighted by molar-refractivity contribution is -0.137. The molecule has 0 saturated carbocycles. The lowest BCUT2D eigenvalue weighted by Crippen LogP contribution is -2.19. The second-order valence-corrected chi connectivity index (χ2v) is 7.25. The van der Waals surface area contributed by atoms with E-state index in [0.29, 0.717) is 11.4 Å². The van der Waals surface area contributed by atoms with Crippen LogP contribution in [0.15, 0.2) is 53.0 Å². The summed E-state index contributed by atoms with van der Waals surface area (Å²) in [6.45, 7) is 7.76. The molecule has 0 aliphatic heterocycles. The molecule has 31 heavy (non-hydrogen) atoms. The second-order valence-electron chi connectivity index (χ2n) is 7.25. The van der Waals surface area contributed by atoms with Crippen LogP contribution in [0.25, 0.3) is 11.7 Å². The van der Waals surface area contributed by atoms with E-state index in [9.17, 15) is 14.9 Å². The van der Waals surface area contributed by atoms with Gasteiger partial charge in [-0.1, -0.05) is 32.0 Å². The lowest BCUT2D eigenvalue weighted by Gasteiger charge is -2.16. The molecule has 0 amide bonds. The van der Waals surface area contributed by atoms with E-state index in [1.54, 1.807) is 37.4 Å². The summed E-state index contributed by atoms with van der Waals surface area (Å²) in [6, 6.07) is 12.7. The maximum Gasteiger partial charge on any atom is 0.348 e. The number of nitriles is 1. The van der Waals surface area contributed by atoms with Crippen LogP contribution in [0, 0.1) is 18.3 Å². The van der Waals surface area contributed by atoms with E-state index in [-0.39, 0.29) is 29.5 Å². The molecule has 158 valence electrons. The number of benzene rings is 1. The molecular weight excluding hydrogens is 394 g/mol. The molecule has 0 fully saturated rings. The lowest BCUT2D eigenvalue weighted by atomic mass is 10.0. The van der Waals surface area contributed by atoms with Gasteiger partial charge in [0.2, 0.25) is 5.88 Å². The Bertz CT molecular complexity index is 1270. The Morgan fingerprint density at radius 1 is 1.29 bits per heavy atom. The first-order valence-electron chi connectivity index (χ1n) is 9.94. The van der Waals surface area contributed by atoms with Crippen LogP contribution in [-0.4, -0.2) is 22.0 Å². The topological polar surface area (TPSA) is 93.7 Å². The molecule has 0 spiro atoms. The minimum Gasteiger partial charge on any atom is -0.462 e. The van der Waals surface area contributed by atoms with Gasteiger partial charge in [-0.25, -0.2) is 4.79 Å². The van der Waals surface area contributed by atoms with Crippen LogP contribution in [0.5, 0.6) is 11.6 Å². The number of nitrogens with zero attached hydrogens (tertiary/aromatic N) is 3. The van der Waals surface area contributed by atoms with E-state index in [1.807, 2.05) is 39.0 Å². The summed E-state index contributed by atoms with van der Waals surface area (Å²) in [5, 5.41) is 9.43. The van der Waals surface area contributed by atoms with Gasteiger partial charge >= 0.3 is 5.97 Å². The summed E-state index contributed by atoms with van der Waals surface area (Å²) in [7, 11) is 0. The maximum atomic E-state index is 13.2. The number of aryl methyl sites for hydroxylation is 1. The zero-order valence-electron chi connectivity index (χ0n) is 17.9. The molecule has 0 aliphatic carbocycles. The van der Waals surface area contributed by atoms with Crippen molar-refractivity contribution in [1.29, 1.82) is 5.26 Å². The first kappa shape index (κ1) is 21.8. The van der Waals surface area contributed by atoms with Gasteiger partial charge in [0.25, 0.3) is 5.56 Å². The number of carbonyl (C=O) groups excluding carboxylic acids is 1. The Labute approximate surface area is 180 Å². The fourth-order valence-electron chi connectivity index (χ4n) is 3.08. The molecule has 7 heteroatoms. The van der Waals surface area contributed by atoms with Crippen molar-refractivity contribution < 1.29 is 14.3 Å². The zero-order chi connectivity index (χ0) is 22.5. The van der Waals surface area contributed by atoms with E-state index >= 15 is 0 Å². The van der Waals surface area contributed by atoms with Gasteiger partial charge in [-0.15, -0.1) is 0 Å². The van der Waals surface area contributed by atoms with Gasteiger partial charge in [0.05, 0.1) is 6.61 Å². The molecule has 3 aromatic rings. The van der Waals surface area contributed by atoms with Gasteiger partial charge in [0, 0.05) is 6.20 Å². The predicted octanol–water partition coefficient (Wildman–Crippen LogP) is 4.39. The number of pyridine rings is 1. The van der Waals surface area contributed by atoms with E-state index in [4.69, 9.17) is 9.47 Å². The van der Waals surface area contributed by atoms with Gasteiger partial charge in [0.15, 0.2) is 0 Å². The molecule has 2 aromatic heterocycles. The number of fused-ring (bicyclic) bond motifs is 1. The fourth-order valence-corrected chi connectivity index (χ4v) is 3.08. The number of rotatable bonds is 6. The fraction of sp³-hybridized carbons (Fsp3) is 0.250. The quantitative estimate of drug-likeness (QED) is 0.335. The van der Waals surface area contributed by atoms with Crippen molar-refractivity contribution >= 4 is 17.7 Å². The third kappa shape index (κ3) is 4.64. The first-order chi connectivity index (χ1) is 14.8. The molecule has 0 radical (unpaired) electrons. The molecule has 0 bridgehead atoms. The molecule has 0 atom stereocenters. The van der Waals surface area contributed by atoms with E-state index in [2.05, 4.69) is 4.98 Å². The van der Waals surface area contributed by atoms with Crippen LogP contribution in [0.3, 0.4) is 0 Å². The van der Waals surface area contributed by atoms with Crippen LogP contribution in [-0.2, 0) is 9.53 Å². The van der Waals surface area contributed by atoms with Crippen LogP contribution in [0.4, 0.5) is 0 Å². The Balaban J connectivity index is 2.25. The average molecular weight is 417 g/mol. The third-order valence-corrected chi connectivity index (χ3v) is 4.64. The van der Waals surface area contributed by atoms with Crippen LogP contribution < -0.4 is 10.3 Å². The summed E-state index contributed by atoms with van der Waals surface area (Å²) < 4.78 is 12.4. The Kier molecular flexibility index (Phi) is 6.51. The van der Waals surface area contributed by atoms with Crippen LogP contribution >= 0.6 is 0 Å². The van der Waals surface area contributed by atoms with E-state index in [1.165, 1.54) is 10.5 Å². The minimum absolute atomic E-state index is 0.00971. The van der Waals surface area contributed by atoms with Crippen LogP contribution in [0.1, 0.15) is 43.4 Å². The third-order valence-electron chi connectivity index (χ3n) is 4.64. The normalized spacial score (nSPS) is 11.4. The molecule has 0 N–H and O–H groups in total. The largest absolute Gasteiger partial charge is 0.462 e. The standard InChI is InChI=1S/C24H23N3O4/c1-5-30-24(29)17(14-25)13-19-22(26-21-8-6-7-11-27(21)23(19)28)31-20-12-16(4)9-10-18(20)15(2)3/h6-13,15H,5H2,1-4H3. The monoisotopic (exact) mass is 417 g/mol. The number of aromatic nitrogens is 2. The van der Waals surface area contributed by atoms with E-state index in [0.717, 1.165) is 11.1 Å². The van der Waals surface area contributed by atoms with Crippen molar-refractivity contribution in [3.8, 4) is 17.7 Å². The minimum atomic E-state index is -0.813. The predicted molar refractivity (Wildman–Crippen MR) is 117 cm³/mol. The molecule has 7 nitrogen and oxygen atoms in total. The summed E-state index contributed by atoms with van der Waals surface area (Å²) >= 11 is 0. The number of hydrogen-bond acceptors (Lipinski definition) is 6. The molecule has 0 aliphatic rings. The van der Waals surface area contributed by atoms with Gasteiger partial charge in [-0.2, -0.15) is 10.2 Å². The molecule has 0 unspecified atom stereocenters. The molecule has 1 aromatic carbocycles. The Morgan fingerprint density at radius 3 is 2.74 bits per heavy atom.